The van der Waals surface area contributed by atoms with Crippen LogP contribution in [0.5, 0.6) is 11.5 Å². The number of benzene rings is 2. The van der Waals surface area contributed by atoms with Gasteiger partial charge in [0, 0.05) is 44.6 Å². The SMILES string of the molecule is COc1ccc(/C=C\C(=O)N2CCN(c3nccn3-c3ccccc3F)CC2)cc1OC. The largest absolute Gasteiger partial charge is 0.493 e. The molecule has 166 valence electrons. The van der Waals surface area contributed by atoms with Gasteiger partial charge >= 0.3 is 0 Å². The zero-order valence-corrected chi connectivity index (χ0v) is 18.1. The summed E-state index contributed by atoms with van der Waals surface area (Å²) in [5.41, 5.74) is 1.30. The van der Waals surface area contributed by atoms with Crippen LogP contribution in [-0.4, -0.2) is 60.8 Å². The van der Waals surface area contributed by atoms with Crippen molar-refractivity contribution in [2.24, 2.45) is 0 Å². The molecule has 7 nitrogen and oxygen atoms in total. The summed E-state index contributed by atoms with van der Waals surface area (Å²) >= 11 is 0. The van der Waals surface area contributed by atoms with Crippen molar-refractivity contribution < 1.29 is 18.7 Å². The third kappa shape index (κ3) is 4.44. The number of ether oxygens (including phenoxy) is 2. The summed E-state index contributed by atoms with van der Waals surface area (Å²) < 4.78 is 26.5. The van der Waals surface area contributed by atoms with Gasteiger partial charge in [-0.25, -0.2) is 9.37 Å². The fraction of sp³-hybridized carbons (Fsp3) is 0.250. The van der Waals surface area contributed by atoms with E-state index in [1.807, 2.05) is 12.1 Å². The van der Waals surface area contributed by atoms with Crippen LogP contribution >= 0.6 is 0 Å². The van der Waals surface area contributed by atoms with Crippen LogP contribution in [0.15, 0.2) is 60.9 Å². The van der Waals surface area contributed by atoms with Crippen LogP contribution in [0.25, 0.3) is 11.8 Å². The van der Waals surface area contributed by atoms with E-state index in [1.165, 1.54) is 6.07 Å². The smallest absolute Gasteiger partial charge is 0.246 e. The van der Waals surface area contributed by atoms with E-state index in [9.17, 15) is 9.18 Å². The van der Waals surface area contributed by atoms with Crippen LogP contribution in [0.1, 0.15) is 5.56 Å². The topological polar surface area (TPSA) is 59.8 Å². The molecule has 0 radical (unpaired) electrons. The number of carbonyl (C=O) groups excluding carboxylic acids is 1. The average Bonchev–Trinajstić information content (AvgIpc) is 3.32. The number of halogens is 1. The Hall–Kier alpha value is -3.81. The molecule has 0 unspecified atom stereocenters. The van der Waals surface area contributed by atoms with E-state index in [0.29, 0.717) is 49.3 Å². The molecule has 8 heteroatoms. The van der Waals surface area contributed by atoms with Gasteiger partial charge in [0.05, 0.1) is 19.9 Å². The van der Waals surface area contributed by atoms with Gasteiger partial charge in [0.1, 0.15) is 5.82 Å². The van der Waals surface area contributed by atoms with Crippen LogP contribution in [0, 0.1) is 5.82 Å². The van der Waals surface area contributed by atoms with E-state index in [0.717, 1.165) is 5.56 Å². The predicted octanol–water partition coefficient (Wildman–Crippen LogP) is 3.39. The zero-order chi connectivity index (χ0) is 22.5. The highest BCUT2D eigenvalue weighted by Gasteiger charge is 2.23. The lowest BCUT2D eigenvalue weighted by Crippen LogP contribution is -2.49. The Bertz CT molecular complexity index is 1120. The van der Waals surface area contributed by atoms with Gasteiger partial charge in [-0.2, -0.15) is 0 Å². The molecule has 0 saturated carbocycles. The molecule has 32 heavy (non-hydrogen) atoms. The molecule has 0 N–H and O–H groups in total. The van der Waals surface area contributed by atoms with Crippen molar-refractivity contribution in [3.63, 3.8) is 0 Å². The van der Waals surface area contributed by atoms with Gasteiger partial charge in [0.15, 0.2) is 11.5 Å². The molecule has 1 fully saturated rings. The van der Waals surface area contributed by atoms with Gasteiger partial charge in [-0.1, -0.05) is 18.2 Å². The first-order valence-corrected chi connectivity index (χ1v) is 10.3. The van der Waals surface area contributed by atoms with Gasteiger partial charge in [0.25, 0.3) is 0 Å². The molecule has 1 amide bonds. The van der Waals surface area contributed by atoms with Crippen LogP contribution in [0.2, 0.25) is 0 Å². The number of amides is 1. The summed E-state index contributed by atoms with van der Waals surface area (Å²) in [5, 5.41) is 0. The Balaban J connectivity index is 1.39. The zero-order valence-electron chi connectivity index (χ0n) is 18.1. The molecule has 4 rings (SSSR count). The molecule has 0 aliphatic carbocycles. The number of piperazine rings is 1. The van der Waals surface area contributed by atoms with Crippen LogP contribution in [-0.2, 0) is 4.79 Å². The Morgan fingerprint density at radius 1 is 1.03 bits per heavy atom. The number of rotatable bonds is 6. The molecule has 0 spiro atoms. The second-order valence-corrected chi connectivity index (χ2v) is 7.31. The minimum Gasteiger partial charge on any atom is -0.493 e. The van der Waals surface area contributed by atoms with Crippen molar-refractivity contribution >= 4 is 17.9 Å². The third-order valence-electron chi connectivity index (χ3n) is 5.43. The molecule has 0 bridgehead atoms. The fourth-order valence-electron chi connectivity index (χ4n) is 3.72. The highest BCUT2D eigenvalue weighted by atomic mass is 19.1. The number of aromatic nitrogens is 2. The third-order valence-corrected chi connectivity index (χ3v) is 5.43. The maximum atomic E-state index is 14.2. The Morgan fingerprint density at radius 2 is 1.78 bits per heavy atom. The van der Waals surface area contributed by atoms with Gasteiger partial charge in [-0.15, -0.1) is 0 Å². The monoisotopic (exact) mass is 436 g/mol. The van der Waals surface area contributed by atoms with E-state index >= 15 is 0 Å². The van der Waals surface area contributed by atoms with E-state index in [1.54, 1.807) is 72.5 Å². The molecule has 0 atom stereocenters. The maximum absolute atomic E-state index is 14.2. The predicted molar refractivity (Wildman–Crippen MR) is 121 cm³/mol. The molecule has 3 aromatic rings. The minimum atomic E-state index is -0.305. The van der Waals surface area contributed by atoms with Gasteiger partial charge < -0.3 is 19.3 Å². The highest BCUT2D eigenvalue weighted by molar-refractivity contribution is 5.92. The second-order valence-electron chi connectivity index (χ2n) is 7.31. The number of nitrogens with zero attached hydrogens (tertiary/aromatic N) is 4. The summed E-state index contributed by atoms with van der Waals surface area (Å²) in [4.78, 5) is 20.9. The minimum absolute atomic E-state index is 0.0584. The summed E-state index contributed by atoms with van der Waals surface area (Å²) in [5.74, 6) is 1.56. The number of hydrogen-bond acceptors (Lipinski definition) is 5. The van der Waals surface area contributed by atoms with Crippen molar-refractivity contribution in [3.8, 4) is 17.2 Å². The summed E-state index contributed by atoms with van der Waals surface area (Å²) in [6.07, 6.45) is 6.74. The second kappa shape index (κ2) is 9.55. The molecular formula is C24H25FN4O3. The van der Waals surface area contributed by atoms with E-state index in [2.05, 4.69) is 9.88 Å². The first-order chi connectivity index (χ1) is 15.6. The van der Waals surface area contributed by atoms with Crippen LogP contribution < -0.4 is 14.4 Å². The van der Waals surface area contributed by atoms with Crippen LogP contribution in [0.4, 0.5) is 10.3 Å². The number of imidazole rings is 1. The van der Waals surface area contributed by atoms with E-state index < -0.39 is 0 Å². The maximum Gasteiger partial charge on any atom is 0.246 e. The van der Waals surface area contributed by atoms with Gasteiger partial charge in [-0.05, 0) is 35.9 Å². The van der Waals surface area contributed by atoms with Crippen molar-refractivity contribution in [1.29, 1.82) is 0 Å². The molecule has 2 heterocycles. The quantitative estimate of drug-likeness (QED) is 0.555. The summed E-state index contributed by atoms with van der Waals surface area (Å²) in [7, 11) is 3.16. The lowest BCUT2D eigenvalue weighted by molar-refractivity contribution is -0.126. The van der Waals surface area contributed by atoms with Crippen molar-refractivity contribution in [2.75, 3.05) is 45.3 Å². The first-order valence-electron chi connectivity index (χ1n) is 10.3. The lowest BCUT2D eigenvalue weighted by atomic mass is 10.2. The van der Waals surface area contributed by atoms with E-state index in [-0.39, 0.29) is 11.7 Å². The molecule has 1 aliphatic heterocycles. The first kappa shape index (κ1) is 21.4. The molecule has 1 aliphatic rings. The summed E-state index contributed by atoms with van der Waals surface area (Å²) in [6.45, 7) is 2.33. The number of methoxy groups -OCH3 is 2. The van der Waals surface area contributed by atoms with Crippen molar-refractivity contribution in [3.05, 3.63) is 72.3 Å². The number of para-hydroxylation sites is 1. The fourth-order valence-corrected chi connectivity index (χ4v) is 3.72. The molecule has 1 aromatic heterocycles. The Labute approximate surface area is 186 Å². The van der Waals surface area contributed by atoms with Crippen molar-refractivity contribution in [1.82, 2.24) is 14.5 Å². The summed E-state index contributed by atoms with van der Waals surface area (Å²) in [6, 6.07) is 12.1. The Kier molecular flexibility index (Phi) is 6.39. The highest BCUT2D eigenvalue weighted by Crippen LogP contribution is 2.28. The standard InChI is InChI=1S/C24H25FN4O3/c1-31-21-9-7-18(17-22(21)32-2)8-10-23(30)27-13-15-28(16-14-27)24-26-11-12-29(24)20-6-4-3-5-19(20)25/h3-12,17H,13-16H2,1-2H3/b10-8-. The van der Waals surface area contributed by atoms with E-state index in [4.69, 9.17) is 9.47 Å². The Morgan fingerprint density at radius 3 is 2.50 bits per heavy atom. The number of hydrogen-bond donors (Lipinski definition) is 0. The van der Waals surface area contributed by atoms with Gasteiger partial charge in [0.2, 0.25) is 11.9 Å². The lowest BCUT2D eigenvalue weighted by Gasteiger charge is -2.35. The van der Waals surface area contributed by atoms with Crippen molar-refractivity contribution in [2.45, 2.75) is 0 Å². The molecule has 1 saturated heterocycles. The average molecular weight is 436 g/mol. The van der Waals surface area contributed by atoms with Crippen LogP contribution in [0.3, 0.4) is 0 Å². The van der Waals surface area contributed by atoms with Gasteiger partial charge in [-0.3, -0.25) is 9.36 Å². The number of anilines is 1. The molecule has 2 aromatic carbocycles. The normalized spacial score (nSPS) is 14.1. The molecular weight excluding hydrogens is 411 g/mol. The number of carbonyl (C=O) groups is 1.